The molecule has 1 aliphatic rings. The van der Waals surface area contributed by atoms with Gasteiger partial charge in [-0.3, -0.25) is 14.6 Å². The highest BCUT2D eigenvalue weighted by Crippen LogP contribution is 2.20. The van der Waals surface area contributed by atoms with Crippen LogP contribution in [0.3, 0.4) is 0 Å². The number of aromatic nitrogens is 1. The van der Waals surface area contributed by atoms with Gasteiger partial charge in [0.1, 0.15) is 5.82 Å². The Bertz CT molecular complexity index is 689. The largest absolute Gasteiger partial charge is 0.359 e. The third kappa shape index (κ3) is 8.97. The van der Waals surface area contributed by atoms with Gasteiger partial charge in [0.15, 0.2) is 5.96 Å². The number of carbonyl (C=O) groups excluding carboxylic acids is 2. The summed E-state index contributed by atoms with van der Waals surface area (Å²) in [5.74, 6) is 1.84. The number of nitrogens with one attached hydrogen (secondary N) is 3. The second-order valence-corrected chi connectivity index (χ2v) is 7.01. The van der Waals surface area contributed by atoms with Gasteiger partial charge in [-0.2, -0.15) is 0 Å². The summed E-state index contributed by atoms with van der Waals surface area (Å²) in [7, 11) is 1.68. The van der Waals surface area contributed by atoms with Crippen LogP contribution in [0.4, 0.5) is 5.82 Å². The molecule has 0 aliphatic carbocycles. The summed E-state index contributed by atoms with van der Waals surface area (Å²) < 4.78 is 0. The minimum absolute atomic E-state index is 0. The van der Waals surface area contributed by atoms with E-state index in [1.807, 2.05) is 26.0 Å². The predicted molar refractivity (Wildman–Crippen MR) is 127 cm³/mol. The summed E-state index contributed by atoms with van der Waals surface area (Å²) in [6.07, 6.45) is 2.83. The Morgan fingerprint density at radius 1 is 1.24 bits per heavy atom. The number of hydrogen-bond acceptors (Lipinski definition) is 4. The summed E-state index contributed by atoms with van der Waals surface area (Å²) in [6, 6.07) is 5.54. The van der Waals surface area contributed by atoms with Gasteiger partial charge < -0.3 is 20.9 Å². The highest BCUT2D eigenvalue weighted by molar-refractivity contribution is 14.0. The first-order valence-corrected chi connectivity index (χ1v) is 9.99. The van der Waals surface area contributed by atoms with E-state index in [0.717, 1.165) is 44.1 Å². The molecule has 1 fully saturated rings. The number of amides is 2. The van der Waals surface area contributed by atoms with E-state index in [9.17, 15) is 9.59 Å². The van der Waals surface area contributed by atoms with Crippen LogP contribution in [0.5, 0.6) is 0 Å². The summed E-state index contributed by atoms with van der Waals surface area (Å²) in [5.41, 5.74) is 0.866. The van der Waals surface area contributed by atoms with Crippen molar-refractivity contribution in [2.45, 2.75) is 39.5 Å². The van der Waals surface area contributed by atoms with Gasteiger partial charge in [0.25, 0.3) is 0 Å². The fraction of sp³-hybridized carbons (Fsp3) is 0.600. The van der Waals surface area contributed by atoms with Crippen molar-refractivity contribution in [3.8, 4) is 0 Å². The fourth-order valence-electron chi connectivity index (χ4n) is 3.22. The molecule has 0 spiro atoms. The summed E-state index contributed by atoms with van der Waals surface area (Å²) >= 11 is 0. The second-order valence-electron chi connectivity index (χ2n) is 7.01. The average Bonchev–Trinajstić information content (AvgIpc) is 2.68. The van der Waals surface area contributed by atoms with Crippen LogP contribution < -0.4 is 16.0 Å². The molecule has 2 rings (SSSR count). The predicted octanol–water partition coefficient (Wildman–Crippen LogP) is 2.15. The Balaban J connectivity index is 0.00000420. The lowest BCUT2D eigenvalue weighted by atomic mass is 9.93. The Morgan fingerprint density at radius 3 is 2.59 bits per heavy atom. The Morgan fingerprint density at radius 2 is 1.97 bits per heavy atom. The zero-order valence-electron chi connectivity index (χ0n) is 17.5. The molecule has 2 heterocycles. The average molecular weight is 516 g/mol. The smallest absolute Gasteiger partial charge is 0.227 e. The van der Waals surface area contributed by atoms with Crippen LogP contribution in [0.2, 0.25) is 0 Å². The Hall–Kier alpha value is -1.91. The highest BCUT2D eigenvalue weighted by atomic mass is 127. The number of pyridine rings is 1. The molecular weight excluding hydrogens is 483 g/mol. The molecule has 0 aromatic carbocycles. The van der Waals surface area contributed by atoms with Gasteiger partial charge in [-0.25, -0.2) is 4.98 Å². The van der Waals surface area contributed by atoms with Crippen molar-refractivity contribution in [3.05, 3.63) is 23.9 Å². The third-order valence-corrected chi connectivity index (χ3v) is 4.76. The fourth-order valence-corrected chi connectivity index (χ4v) is 3.22. The summed E-state index contributed by atoms with van der Waals surface area (Å²) in [5, 5.41) is 8.80. The molecule has 2 amide bonds. The van der Waals surface area contributed by atoms with E-state index in [2.05, 4.69) is 30.8 Å². The number of piperidine rings is 1. The first-order valence-electron chi connectivity index (χ1n) is 9.99. The normalized spacial score (nSPS) is 14.7. The molecule has 0 atom stereocenters. The van der Waals surface area contributed by atoms with Crippen LogP contribution in [-0.2, 0) is 9.59 Å². The number of halogens is 1. The van der Waals surface area contributed by atoms with Gasteiger partial charge in [-0.1, -0.05) is 6.07 Å². The number of likely N-dealkylation sites (tertiary alicyclic amines) is 1. The minimum Gasteiger partial charge on any atom is -0.359 e. The molecule has 0 bridgehead atoms. The number of hydrogen-bond donors (Lipinski definition) is 3. The molecule has 0 unspecified atom stereocenters. The molecule has 162 valence electrons. The molecule has 29 heavy (non-hydrogen) atoms. The minimum atomic E-state index is -0.0954. The van der Waals surface area contributed by atoms with Gasteiger partial charge >= 0.3 is 0 Å². The monoisotopic (exact) mass is 516 g/mol. The first-order chi connectivity index (χ1) is 13.5. The molecule has 1 aliphatic heterocycles. The zero-order chi connectivity index (χ0) is 20.4. The second kappa shape index (κ2) is 13.3. The van der Waals surface area contributed by atoms with Crippen LogP contribution in [0, 0.1) is 12.8 Å². The molecular formula is C20H33IN6O2. The van der Waals surface area contributed by atoms with Crippen molar-refractivity contribution in [2.75, 3.05) is 38.5 Å². The summed E-state index contributed by atoms with van der Waals surface area (Å²) in [4.78, 5) is 34.8. The van der Waals surface area contributed by atoms with Gasteiger partial charge in [-0.15, -0.1) is 24.0 Å². The zero-order valence-corrected chi connectivity index (χ0v) is 19.9. The van der Waals surface area contributed by atoms with Gasteiger partial charge in [0.2, 0.25) is 11.8 Å². The maximum absolute atomic E-state index is 12.1. The van der Waals surface area contributed by atoms with E-state index in [0.29, 0.717) is 31.1 Å². The van der Waals surface area contributed by atoms with Crippen LogP contribution in [-0.4, -0.2) is 60.9 Å². The molecule has 1 aromatic heterocycles. The standard InChI is InChI=1S/C20H32N6O2.HI/c1-4-22-20(26-12-9-16(10-13-26)14-19(28)21-3)23-11-8-18(27)25-17-7-5-6-15(2)24-17;/h5-7,16H,4,8-14H2,1-3H3,(H,21,28)(H,22,23)(H,24,25,27);1H. The molecule has 3 N–H and O–H groups in total. The van der Waals surface area contributed by atoms with Crippen molar-refractivity contribution in [2.24, 2.45) is 10.9 Å². The van der Waals surface area contributed by atoms with Crippen molar-refractivity contribution in [1.82, 2.24) is 20.5 Å². The van der Waals surface area contributed by atoms with E-state index in [-0.39, 0.29) is 35.8 Å². The Labute approximate surface area is 190 Å². The number of nitrogens with zero attached hydrogens (tertiary/aromatic N) is 3. The first kappa shape index (κ1) is 25.1. The molecule has 0 saturated carbocycles. The molecule has 8 nitrogen and oxygen atoms in total. The summed E-state index contributed by atoms with van der Waals surface area (Å²) in [6.45, 7) is 6.85. The topological polar surface area (TPSA) is 98.7 Å². The lowest BCUT2D eigenvalue weighted by molar-refractivity contribution is -0.121. The van der Waals surface area contributed by atoms with Crippen LogP contribution >= 0.6 is 24.0 Å². The SMILES string of the molecule is CCNC(=NCCC(=O)Nc1cccc(C)n1)N1CCC(CC(=O)NC)CC1.I. The molecule has 1 saturated heterocycles. The third-order valence-electron chi connectivity index (χ3n) is 4.76. The van der Waals surface area contributed by atoms with Crippen molar-refractivity contribution < 1.29 is 9.59 Å². The number of anilines is 1. The van der Waals surface area contributed by atoms with Crippen molar-refractivity contribution in [1.29, 1.82) is 0 Å². The van der Waals surface area contributed by atoms with Gasteiger partial charge in [0.05, 0.1) is 6.54 Å². The van der Waals surface area contributed by atoms with E-state index in [1.54, 1.807) is 13.1 Å². The lowest BCUT2D eigenvalue weighted by Crippen LogP contribution is -2.46. The maximum Gasteiger partial charge on any atom is 0.227 e. The van der Waals surface area contributed by atoms with E-state index in [1.165, 1.54) is 0 Å². The van der Waals surface area contributed by atoms with E-state index in [4.69, 9.17) is 0 Å². The van der Waals surface area contributed by atoms with Crippen molar-refractivity contribution in [3.63, 3.8) is 0 Å². The van der Waals surface area contributed by atoms with E-state index < -0.39 is 0 Å². The van der Waals surface area contributed by atoms with E-state index >= 15 is 0 Å². The quantitative estimate of drug-likeness (QED) is 0.293. The number of guanidine groups is 1. The number of aryl methyl sites for hydroxylation is 1. The van der Waals surface area contributed by atoms with Crippen molar-refractivity contribution >= 4 is 47.6 Å². The highest BCUT2D eigenvalue weighted by Gasteiger charge is 2.23. The number of carbonyl (C=O) groups is 2. The lowest BCUT2D eigenvalue weighted by Gasteiger charge is -2.34. The van der Waals surface area contributed by atoms with Crippen LogP contribution in [0.1, 0.15) is 38.3 Å². The molecule has 9 heteroatoms. The Kier molecular flexibility index (Phi) is 11.6. The van der Waals surface area contributed by atoms with Gasteiger partial charge in [0, 0.05) is 45.2 Å². The number of aliphatic imine (C=N–C) groups is 1. The number of rotatable bonds is 7. The van der Waals surface area contributed by atoms with Gasteiger partial charge in [-0.05, 0) is 44.7 Å². The van der Waals surface area contributed by atoms with Crippen LogP contribution in [0.25, 0.3) is 0 Å². The molecule has 0 radical (unpaired) electrons. The molecule has 1 aromatic rings. The maximum atomic E-state index is 12.1. The van der Waals surface area contributed by atoms with Crippen LogP contribution in [0.15, 0.2) is 23.2 Å².